The first kappa shape index (κ1) is 12.7. The van der Waals surface area contributed by atoms with E-state index in [4.69, 9.17) is 5.26 Å². The van der Waals surface area contributed by atoms with Crippen LogP contribution in [-0.4, -0.2) is 36.2 Å². The van der Waals surface area contributed by atoms with E-state index in [2.05, 4.69) is 0 Å². The fourth-order valence-electron chi connectivity index (χ4n) is 1.57. The smallest absolute Gasteiger partial charge is 0.336 e. The normalized spacial score (nSPS) is 22.0. The zero-order valence-electron chi connectivity index (χ0n) is 8.30. The molecule has 1 rings (SSSR count). The van der Waals surface area contributed by atoms with Crippen molar-refractivity contribution in [3.8, 4) is 6.07 Å². The van der Waals surface area contributed by atoms with Crippen molar-refractivity contribution < 1.29 is 22.4 Å². The lowest BCUT2D eigenvalue weighted by molar-refractivity contribution is -0.181. The Morgan fingerprint density at radius 2 is 2.12 bits per heavy atom. The third-order valence-electron chi connectivity index (χ3n) is 2.45. The molecule has 1 fully saturated rings. The van der Waals surface area contributed by atoms with Crippen LogP contribution in [0.3, 0.4) is 0 Å². The van der Waals surface area contributed by atoms with Crippen molar-refractivity contribution in [2.75, 3.05) is 13.1 Å². The molecule has 90 valence electrons. The SMILES string of the molecule is N#CC1CCCN(C(=O)C(F)(F)C(F)F)C1. The van der Waals surface area contributed by atoms with Crippen LogP contribution in [0.1, 0.15) is 12.8 Å². The molecule has 1 aliphatic heterocycles. The van der Waals surface area contributed by atoms with Crippen molar-refractivity contribution in [2.24, 2.45) is 5.92 Å². The highest BCUT2D eigenvalue weighted by atomic mass is 19.3. The number of piperidine rings is 1. The number of carbonyl (C=O) groups excluding carboxylic acids is 1. The van der Waals surface area contributed by atoms with Crippen molar-refractivity contribution in [3.05, 3.63) is 0 Å². The maximum atomic E-state index is 12.7. The van der Waals surface area contributed by atoms with Crippen molar-refractivity contribution in [2.45, 2.75) is 25.2 Å². The van der Waals surface area contributed by atoms with E-state index in [1.165, 1.54) is 0 Å². The summed E-state index contributed by atoms with van der Waals surface area (Å²) in [6.45, 7) is -0.197. The lowest BCUT2D eigenvalue weighted by Gasteiger charge is -2.31. The number of hydrogen-bond donors (Lipinski definition) is 0. The molecule has 0 aliphatic carbocycles. The van der Waals surface area contributed by atoms with E-state index in [9.17, 15) is 22.4 Å². The zero-order chi connectivity index (χ0) is 12.3. The molecule has 16 heavy (non-hydrogen) atoms. The van der Waals surface area contributed by atoms with Crippen molar-refractivity contribution in [3.63, 3.8) is 0 Å². The minimum absolute atomic E-state index is 0.000671. The van der Waals surface area contributed by atoms with Crippen LogP contribution in [0, 0.1) is 17.2 Å². The number of rotatable bonds is 2. The first-order valence-electron chi connectivity index (χ1n) is 4.74. The summed E-state index contributed by atoms with van der Waals surface area (Å²) < 4.78 is 49.3. The average molecular weight is 238 g/mol. The highest BCUT2D eigenvalue weighted by molar-refractivity contribution is 5.84. The number of likely N-dealkylation sites (tertiary alicyclic amines) is 1. The van der Waals surface area contributed by atoms with Crippen LogP contribution in [0.25, 0.3) is 0 Å². The molecule has 0 saturated carbocycles. The Morgan fingerprint density at radius 3 is 2.62 bits per heavy atom. The molecule has 7 heteroatoms. The highest BCUT2D eigenvalue weighted by Crippen LogP contribution is 2.27. The third kappa shape index (κ3) is 2.43. The van der Waals surface area contributed by atoms with Gasteiger partial charge in [-0.1, -0.05) is 0 Å². The number of alkyl halides is 4. The van der Waals surface area contributed by atoms with Gasteiger partial charge in [-0.05, 0) is 12.8 Å². The van der Waals surface area contributed by atoms with E-state index in [1.54, 1.807) is 0 Å². The molecule has 0 spiro atoms. The van der Waals surface area contributed by atoms with Crippen molar-refractivity contribution in [1.29, 1.82) is 5.26 Å². The van der Waals surface area contributed by atoms with Gasteiger partial charge in [0.2, 0.25) is 0 Å². The summed E-state index contributed by atoms with van der Waals surface area (Å²) in [5.41, 5.74) is 0. The second-order valence-electron chi connectivity index (χ2n) is 3.64. The summed E-state index contributed by atoms with van der Waals surface area (Å²) in [4.78, 5) is 11.8. The number of nitrogens with zero attached hydrogens (tertiary/aromatic N) is 2. The third-order valence-corrected chi connectivity index (χ3v) is 2.45. The van der Waals surface area contributed by atoms with Gasteiger partial charge in [0, 0.05) is 13.1 Å². The van der Waals surface area contributed by atoms with Gasteiger partial charge in [0.15, 0.2) is 0 Å². The Kier molecular flexibility index (Phi) is 3.73. The van der Waals surface area contributed by atoms with E-state index in [1.807, 2.05) is 6.07 Å². The molecule has 0 N–H and O–H groups in total. The summed E-state index contributed by atoms with van der Waals surface area (Å²) in [6, 6.07) is 1.84. The Balaban J connectivity index is 2.71. The molecule has 0 aromatic rings. The van der Waals surface area contributed by atoms with Gasteiger partial charge in [-0.2, -0.15) is 14.0 Å². The molecule has 0 bridgehead atoms. The number of carbonyl (C=O) groups is 1. The first-order chi connectivity index (χ1) is 7.39. The highest BCUT2D eigenvalue weighted by Gasteiger charge is 2.51. The first-order valence-corrected chi connectivity index (χ1v) is 4.74. The summed E-state index contributed by atoms with van der Waals surface area (Å²) in [7, 11) is 0. The lowest BCUT2D eigenvalue weighted by atomic mass is 9.99. The van der Waals surface area contributed by atoms with E-state index in [0.717, 1.165) is 0 Å². The van der Waals surface area contributed by atoms with E-state index >= 15 is 0 Å². The molecule has 1 amide bonds. The monoisotopic (exact) mass is 238 g/mol. The van der Waals surface area contributed by atoms with Crippen LogP contribution in [0.5, 0.6) is 0 Å². The quantitative estimate of drug-likeness (QED) is 0.686. The maximum absolute atomic E-state index is 12.7. The van der Waals surface area contributed by atoms with Gasteiger partial charge in [0.25, 0.3) is 5.91 Å². The van der Waals surface area contributed by atoms with Crippen LogP contribution < -0.4 is 0 Å². The van der Waals surface area contributed by atoms with E-state index < -0.39 is 24.2 Å². The molecular formula is C9H10F4N2O. The zero-order valence-corrected chi connectivity index (χ0v) is 8.30. The minimum Gasteiger partial charge on any atom is -0.336 e. The average Bonchev–Trinajstić information content (AvgIpc) is 2.27. The van der Waals surface area contributed by atoms with Crippen LogP contribution >= 0.6 is 0 Å². The van der Waals surface area contributed by atoms with E-state index in [-0.39, 0.29) is 13.1 Å². The largest absolute Gasteiger partial charge is 0.383 e. The number of halogens is 4. The van der Waals surface area contributed by atoms with Gasteiger partial charge in [0.05, 0.1) is 12.0 Å². The van der Waals surface area contributed by atoms with Crippen LogP contribution in [0.15, 0.2) is 0 Å². The number of nitriles is 1. The Bertz CT molecular complexity index is 313. The summed E-state index contributed by atoms with van der Waals surface area (Å²) in [5.74, 6) is -7.09. The molecule has 0 radical (unpaired) electrons. The second kappa shape index (κ2) is 4.68. The molecule has 1 saturated heterocycles. The van der Waals surface area contributed by atoms with Crippen LogP contribution in [0.2, 0.25) is 0 Å². The van der Waals surface area contributed by atoms with E-state index in [0.29, 0.717) is 17.7 Å². The topological polar surface area (TPSA) is 44.1 Å². The molecule has 0 aromatic carbocycles. The lowest BCUT2D eigenvalue weighted by Crippen LogP contribution is -2.50. The molecular weight excluding hydrogens is 228 g/mol. The fourth-order valence-corrected chi connectivity index (χ4v) is 1.57. The van der Waals surface area contributed by atoms with Crippen LogP contribution in [-0.2, 0) is 4.79 Å². The molecule has 3 nitrogen and oxygen atoms in total. The predicted octanol–water partition coefficient (Wildman–Crippen LogP) is 1.65. The molecule has 0 aromatic heterocycles. The Hall–Kier alpha value is -1.32. The Morgan fingerprint density at radius 1 is 1.50 bits per heavy atom. The predicted molar refractivity (Wildman–Crippen MR) is 45.9 cm³/mol. The molecule has 1 unspecified atom stereocenters. The fraction of sp³-hybridized carbons (Fsp3) is 0.778. The van der Waals surface area contributed by atoms with Gasteiger partial charge in [-0.25, -0.2) is 8.78 Å². The second-order valence-corrected chi connectivity index (χ2v) is 3.64. The minimum atomic E-state index is -4.66. The number of hydrogen-bond acceptors (Lipinski definition) is 2. The molecule has 1 heterocycles. The van der Waals surface area contributed by atoms with Gasteiger partial charge in [0.1, 0.15) is 0 Å². The van der Waals surface area contributed by atoms with Crippen LogP contribution in [0.4, 0.5) is 17.6 Å². The molecule has 1 atom stereocenters. The van der Waals surface area contributed by atoms with Crippen molar-refractivity contribution >= 4 is 5.91 Å². The van der Waals surface area contributed by atoms with Gasteiger partial charge in [-0.15, -0.1) is 0 Å². The molecule has 1 aliphatic rings. The summed E-state index contributed by atoms with van der Waals surface area (Å²) in [5, 5.41) is 8.58. The van der Waals surface area contributed by atoms with Crippen molar-refractivity contribution in [1.82, 2.24) is 4.90 Å². The summed E-state index contributed by atoms with van der Waals surface area (Å²) >= 11 is 0. The van der Waals surface area contributed by atoms with Gasteiger partial charge >= 0.3 is 12.3 Å². The van der Waals surface area contributed by atoms with Gasteiger partial charge in [-0.3, -0.25) is 4.79 Å². The van der Waals surface area contributed by atoms with Gasteiger partial charge < -0.3 is 4.90 Å². The standard InChI is InChI=1S/C9H10F4N2O/c10-7(11)9(12,13)8(16)15-3-1-2-6(4-14)5-15/h6-7H,1-3,5H2. The number of amides is 1. The maximum Gasteiger partial charge on any atom is 0.383 e. The summed E-state index contributed by atoms with van der Waals surface area (Å²) in [6.07, 6.45) is -3.13. The Labute approximate surface area is 89.6 Å².